The fraction of sp³-hybridized carbons (Fsp3) is 0.800. The summed E-state index contributed by atoms with van der Waals surface area (Å²) >= 11 is 0. The van der Waals surface area contributed by atoms with Crippen LogP contribution in [0.15, 0.2) is 12.2 Å². The molecule has 2 N–H and O–H groups in total. The third-order valence-electron chi connectivity index (χ3n) is 2.04. The minimum absolute atomic E-state index is 0.281. The van der Waals surface area contributed by atoms with Crippen LogP contribution in [0.25, 0.3) is 0 Å². The van der Waals surface area contributed by atoms with E-state index in [9.17, 15) is 0 Å². The molecule has 0 unspecified atom stereocenters. The van der Waals surface area contributed by atoms with Gasteiger partial charge in [-0.15, -0.1) is 0 Å². The van der Waals surface area contributed by atoms with Crippen molar-refractivity contribution in [2.75, 3.05) is 13.2 Å². The van der Waals surface area contributed by atoms with Crippen LogP contribution in [0.4, 0.5) is 0 Å². The molecule has 1 heterocycles. The summed E-state index contributed by atoms with van der Waals surface area (Å²) in [6.45, 7) is 5.73. The average Bonchev–Trinajstić information content (AvgIpc) is 2.37. The van der Waals surface area contributed by atoms with Crippen LogP contribution in [-0.4, -0.2) is 40.9 Å². The monoisotopic (exact) mass is 202 g/mol. The minimum Gasteiger partial charge on any atom is -0.393 e. The van der Waals surface area contributed by atoms with E-state index < -0.39 is 17.5 Å². The maximum Gasteiger partial charge on any atom is 0.164 e. The zero-order valence-corrected chi connectivity index (χ0v) is 8.86. The summed E-state index contributed by atoms with van der Waals surface area (Å²) in [5.41, 5.74) is -0.514. The maximum atomic E-state index is 9.13. The fourth-order valence-electron chi connectivity index (χ4n) is 1.40. The SMILES string of the molecule is CC1(C)OC[C@](C)(/C=C\[C@H](O)CO)O1. The lowest BCUT2D eigenvalue weighted by Gasteiger charge is -2.22. The van der Waals surface area contributed by atoms with Gasteiger partial charge in [0.25, 0.3) is 0 Å². The Hall–Kier alpha value is -0.420. The van der Waals surface area contributed by atoms with Gasteiger partial charge in [-0.25, -0.2) is 0 Å². The standard InChI is InChI=1S/C10H18O4/c1-9(2)13-7-10(3,14-9)5-4-8(12)6-11/h4-5,8,11-12H,6-7H2,1-3H3/b5-4-/t8-,10-/m0/s1. The van der Waals surface area contributed by atoms with Gasteiger partial charge in [-0.3, -0.25) is 0 Å². The van der Waals surface area contributed by atoms with Crippen LogP contribution in [0.3, 0.4) is 0 Å². The van der Waals surface area contributed by atoms with Gasteiger partial charge < -0.3 is 19.7 Å². The Morgan fingerprint density at radius 1 is 1.43 bits per heavy atom. The molecule has 1 fully saturated rings. The Kier molecular flexibility index (Phi) is 3.32. The number of hydrogen-bond donors (Lipinski definition) is 2. The molecule has 2 atom stereocenters. The summed E-state index contributed by atoms with van der Waals surface area (Å²) in [5, 5.41) is 17.8. The number of hydrogen-bond acceptors (Lipinski definition) is 4. The Morgan fingerprint density at radius 3 is 2.50 bits per heavy atom. The molecule has 4 nitrogen and oxygen atoms in total. The molecule has 0 saturated carbocycles. The molecule has 0 aromatic carbocycles. The average molecular weight is 202 g/mol. The van der Waals surface area contributed by atoms with E-state index >= 15 is 0 Å². The molecule has 82 valence electrons. The lowest BCUT2D eigenvalue weighted by atomic mass is 10.1. The molecule has 0 aromatic heterocycles. The van der Waals surface area contributed by atoms with Gasteiger partial charge in [0.2, 0.25) is 0 Å². The zero-order valence-electron chi connectivity index (χ0n) is 8.86. The van der Waals surface area contributed by atoms with Gasteiger partial charge in [-0.05, 0) is 20.8 Å². The number of aliphatic hydroxyl groups is 2. The predicted molar refractivity (Wildman–Crippen MR) is 51.8 cm³/mol. The van der Waals surface area contributed by atoms with Crippen molar-refractivity contribution in [3.05, 3.63) is 12.2 Å². The van der Waals surface area contributed by atoms with E-state index in [2.05, 4.69) is 0 Å². The van der Waals surface area contributed by atoms with E-state index in [0.29, 0.717) is 6.61 Å². The first-order valence-corrected chi connectivity index (χ1v) is 4.69. The summed E-state index contributed by atoms with van der Waals surface area (Å²) in [7, 11) is 0. The normalized spacial score (nSPS) is 33.8. The first kappa shape index (κ1) is 11.7. The van der Waals surface area contributed by atoms with Gasteiger partial charge in [0.1, 0.15) is 5.60 Å². The summed E-state index contributed by atoms with van der Waals surface area (Å²) in [6, 6.07) is 0. The van der Waals surface area contributed by atoms with Crippen LogP contribution in [-0.2, 0) is 9.47 Å². The second-order valence-corrected chi connectivity index (χ2v) is 4.21. The third kappa shape index (κ3) is 3.06. The van der Waals surface area contributed by atoms with Crippen LogP contribution < -0.4 is 0 Å². The Bertz CT molecular complexity index is 224. The van der Waals surface area contributed by atoms with Crippen LogP contribution >= 0.6 is 0 Å². The van der Waals surface area contributed by atoms with E-state index in [0.717, 1.165) is 0 Å². The van der Waals surface area contributed by atoms with E-state index in [4.69, 9.17) is 19.7 Å². The van der Waals surface area contributed by atoms with Crippen molar-refractivity contribution in [2.45, 2.75) is 38.3 Å². The maximum absolute atomic E-state index is 9.13. The fourth-order valence-corrected chi connectivity index (χ4v) is 1.40. The molecule has 1 saturated heterocycles. The molecular weight excluding hydrogens is 184 g/mol. The Balaban J connectivity index is 2.56. The Morgan fingerprint density at radius 2 is 2.07 bits per heavy atom. The lowest BCUT2D eigenvalue weighted by Crippen LogP contribution is -2.29. The molecule has 0 spiro atoms. The molecule has 0 aromatic rings. The van der Waals surface area contributed by atoms with Gasteiger partial charge in [0, 0.05) is 0 Å². The van der Waals surface area contributed by atoms with Crippen LogP contribution in [0.1, 0.15) is 20.8 Å². The summed E-state index contributed by atoms with van der Waals surface area (Å²) in [6.07, 6.45) is 2.41. The molecular formula is C10H18O4. The lowest BCUT2D eigenvalue weighted by molar-refractivity contribution is -0.148. The van der Waals surface area contributed by atoms with Gasteiger partial charge in [0.15, 0.2) is 5.79 Å². The first-order chi connectivity index (χ1) is 6.37. The molecule has 1 rings (SSSR count). The summed E-state index contributed by atoms with van der Waals surface area (Å²) in [4.78, 5) is 0. The van der Waals surface area contributed by atoms with Crippen molar-refractivity contribution in [1.29, 1.82) is 0 Å². The number of ether oxygens (including phenoxy) is 2. The van der Waals surface area contributed by atoms with Crippen molar-refractivity contribution in [3.8, 4) is 0 Å². The largest absolute Gasteiger partial charge is 0.393 e. The van der Waals surface area contributed by atoms with Crippen molar-refractivity contribution < 1.29 is 19.7 Å². The highest BCUT2D eigenvalue weighted by atomic mass is 16.7. The summed E-state index contributed by atoms with van der Waals surface area (Å²) in [5.74, 6) is -0.580. The van der Waals surface area contributed by atoms with Gasteiger partial charge in [-0.2, -0.15) is 0 Å². The molecule has 1 aliphatic heterocycles. The predicted octanol–water partition coefficient (Wildman–Crippen LogP) is 0.437. The van der Waals surface area contributed by atoms with E-state index in [1.165, 1.54) is 6.08 Å². The third-order valence-corrected chi connectivity index (χ3v) is 2.04. The molecule has 1 aliphatic rings. The minimum atomic E-state index is -0.834. The highest BCUT2D eigenvalue weighted by Crippen LogP contribution is 2.31. The van der Waals surface area contributed by atoms with Crippen molar-refractivity contribution in [3.63, 3.8) is 0 Å². The van der Waals surface area contributed by atoms with Crippen molar-refractivity contribution in [1.82, 2.24) is 0 Å². The van der Waals surface area contributed by atoms with Gasteiger partial charge in [-0.1, -0.05) is 12.2 Å². The van der Waals surface area contributed by atoms with Gasteiger partial charge >= 0.3 is 0 Å². The van der Waals surface area contributed by atoms with E-state index in [1.54, 1.807) is 6.08 Å². The molecule has 14 heavy (non-hydrogen) atoms. The second-order valence-electron chi connectivity index (χ2n) is 4.21. The van der Waals surface area contributed by atoms with E-state index in [-0.39, 0.29) is 6.61 Å². The highest BCUT2D eigenvalue weighted by Gasteiger charge is 2.40. The zero-order chi connectivity index (χ0) is 10.8. The molecule has 0 radical (unpaired) electrons. The van der Waals surface area contributed by atoms with E-state index in [1.807, 2.05) is 20.8 Å². The highest BCUT2D eigenvalue weighted by molar-refractivity contribution is 5.05. The topological polar surface area (TPSA) is 58.9 Å². The number of rotatable bonds is 3. The quantitative estimate of drug-likeness (QED) is 0.652. The summed E-state index contributed by atoms with van der Waals surface area (Å²) < 4.78 is 11.0. The number of aliphatic hydroxyl groups excluding tert-OH is 2. The van der Waals surface area contributed by atoms with Gasteiger partial charge in [0.05, 0.1) is 19.3 Å². The second kappa shape index (κ2) is 3.98. The molecule has 4 heteroatoms. The first-order valence-electron chi connectivity index (χ1n) is 4.69. The molecule has 0 bridgehead atoms. The van der Waals surface area contributed by atoms with Crippen molar-refractivity contribution >= 4 is 0 Å². The van der Waals surface area contributed by atoms with Crippen molar-refractivity contribution in [2.24, 2.45) is 0 Å². The molecule has 0 aliphatic carbocycles. The molecule has 0 amide bonds. The smallest absolute Gasteiger partial charge is 0.164 e. The van der Waals surface area contributed by atoms with Crippen LogP contribution in [0, 0.1) is 0 Å². The Labute approximate surface area is 84.1 Å². The van der Waals surface area contributed by atoms with Crippen LogP contribution in [0.5, 0.6) is 0 Å². The van der Waals surface area contributed by atoms with Crippen LogP contribution in [0.2, 0.25) is 0 Å².